The lowest BCUT2D eigenvalue weighted by Crippen LogP contribution is -2.48. The predicted molar refractivity (Wildman–Crippen MR) is 124 cm³/mol. The third kappa shape index (κ3) is 7.03. The van der Waals surface area contributed by atoms with Crippen molar-refractivity contribution in [2.45, 2.75) is 20.4 Å². The number of para-hydroxylation sites is 1. The Bertz CT molecular complexity index is 1120. The molecule has 0 bridgehead atoms. The number of carbonyl (C=O) groups excluding carboxylic acids is 5. The highest BCUT2D eigenvalue weighted by molar-refractivity contribution is 6.09. The summed E-state index contributed by atoms with van der Waals surface area (Å²) in [5.74, 6) is -1.70. The van der Waals surface area contributed by atoms with Crippen LogP contribution in [0.1, 0.15) is 29.8 Å². The highest BCUT2D eigenvalue weighted by Crippen LogP contribution is 2.27. The molecule has 3 rings (SSSR count). The number of nitrogens with one attached hydrogen (secondary N) is 2. The second kappa shape index (κ2) is 11.6. The highest BCUT2D eigenvalue weighted by Gasteiger charge is 2.30. The van der Waals surface area contributed by atoms with Gasteiger partial charge in [0, 0.05) is 31.6 Å². The fourth-order valence-corrected chi connectivity index (χ4v) is 3.41. The van der Waals surface area contributed by atoms with Crippen molar-refractivity contribution in [3.05, 3.63) is 59.7 Å². The van der Waals surface area contributed by atoms with Crippen molar-refractivity contribution in [1.29, 1.82) is 0 Å². The number of hydrogen-bond acceptors (Lipinski definition) is 7. The van der Waals surface area contributed by atoms with Gasteiger partial charge in [-0.15, -0.1) is 0 Å². The highest BCUT2D eigenvalue weighted by atomic mass is 16.6. The van der Waals surface area contributed by atoms with Gasteiger partial charge in [-0.25, -0.2) is 0 Å². The molecule has 184 valence electrons. The fourth-order valence-electron chi connectivity index (χ4n) is 3.41. The van der Waals surface area contributed by atoms with E-state index in [1.165, 1.54) is 23.6 Å². The Kier molecular flexibility index (Phi) is 8.38. The van der Waals surface area contributed by atoms with Crippen LogP contribution in [-0.4, -0.2) is 60.8 Å². The van der Waals surface area contributed by atoms with Crippen molar-refractivity contribution in [1.82, 2.24) is 15.8 Å². The van der Waals surface area contributed by atoms with Gasteiger partial charge in [0.05, 0.1) is 0 Å². The molecule has 2 N–H and O–H groups in total. The average Bonchev–Trinajstić information content (AvgIpc) is 2.97. The van der Waals surface area contributed by atoms with Crippen molar-refractivity contribution in [2.75, 3.05) is 31.2 Å². The maximum Gasteiger partial charge on any atom is 0.302 e. The molecule has 0 aromatic heterocycles. The SMILES string of the molecule is CC(=O)NNC(=O)CN1Cc2ccccc2N(C(=O)c2ccc(OCCOC(C)=O)cc2)CC1=O. The van der Waals surface area contributed by atoms with E-state index in [0.717, 1.165) is 0 Å². The van der Waals surface area contributed by atoms with E-state index in [2.05, 4.69) is 10.9 Å². The van der Waals surface area contributed by atoms with Gasteiger partial charge in [0.2, 0.25) is 11.8 Å². The van der Waals surface area contributed by atoms with Gasteiger partial charge < -0.3 is 14.4 Å². The molecule has 35 heavy (non-hydrogen) atoms. The number of ether oxygens (including phenoxy) is 2. The normalized spacial score (nSPS) is 12.8. The van der Waals surface area contributed by atoms with Crippen molar-refractivity contribution in [3.63, 3.8) is 0 Å². The number of hydrogen-bond donors (Lipinski definition) is 2. The number of amides is 4. The molecule has 0 aliphatic carbocycles. The van der Waals surface area contributed by atoms with E-state index in [1.807, 2.05) is 0 Å². The van der Waals surface area contributed by atoms with Crippen LogP contribution in [0.2, 0.25) is 0 Å². The molecule has 0 saturated heterocycles. The summed E-state index contributed by atoms with van der Waals surface area (Å²) in [6.45, 7) is 2.43. The van der Waals surface area contributed by atoms with Gasteiger partial charge in [-0.05, 0) is 35.9 Å². The first-order valence-electron chi connectivity index (χ1n) is 10.8. The van der Waals surface area contributed by atoms with E-state index in [9.17, 15) is 24.0 Å². The summed E-state index contributed by atoms with van der Waals surface area (Å²) in [6.07, 6.45) is 0. The largest absolute Gasteiger partial charge is 0.490 e. The smallest absolute Gasteiger partial charge is 0.302 e. The molecule has 0 unspecified atom stereocenters. The lowest BCUT2D eigenvalue weighted by molar-refractivity contribution is -0.141. The summed E-state index contributed by atoms with van der Waals surface area (Å²) in [7, 11) is 0. The molecule has 11 heteroatoms. The molecular formula is C24H26N4O7. The average molecular weight is 482 g/mol. The summed E-state index contributed by atoms with van der Waals surface area (Å²) in [6, 6.07) is 13.5. The number of benzene rings is 2. The Balaban J connectivity index is 1.73. The quantitative estimate of drug-likeness (QED) is 0.338. The molecule has 2 aromatic carbocycles. The van der Waals surface area contributed by atoms with Gasteiger partial charge in [-0.3, -0.25) is 39.7 Å². The molecule has 11 nitrogen and oxygen atoms in total. The van der Waals surface area contributed by atoms with E-state index in [1.54, 1.807) is 48.5 Å². The first kappa shape index (κ1) is 25.2. The van der Waals surface area contributed by atoms with Crippen LogP contribution in [0.3, 0.4) is 0 Å². The van der Waals surface area contributed by atoms with Gasteiger partial charge >= 0.3 is 5.97 Å². The second-order valence-electron chi connectivity index (χ2n) is 7.71. The zero-order valence-corrected chi connectivity index (χ0v) is 19.4. The van der Waals surface area contributed by atoms with Crippen LogP contribution in [0.5, 0.6) is 5.75 Å². The van der Waals surface area contributed by atoms with Gasteiger partial charge in [0.25, 0.3) is 11.8 Å². The van der Waals surface area contributed by atoms with Gasteiger partial charge in [-0.1, -0.05) is 18.2 Å². The van der Waals surface area contributed by atoms with Crippen LogP contribution in [-0.2, 0) is 30.5 Å². The molecule has 0 atom stereocenters. The Morgan fingerprint density at radius 3 is 2.31 bits per heavy atom. The maximum absolute atomic E-state index is 13.3. The molecule has 0 spiro atoms. The molecule has 2 aromatic rings. The summed E-state index contributed by atoms with van der Waals surface area (Å²) in [5, 5.41) is 0. The minimum atomic E-state index is -0.560. The number of anilines is 1. The van der Waals surface area contributed by atoms with Gasteiger partial charge in [0.15, 0.2) is 0 Å². The van der Waals surface area contributed by atoms with E-state index >= 15 is 0 Å². The summed E-state index contributed by atoms with van der Waals surface area (Å²) in [5.41, 5.74) is 6.03. The van der Waals surface area contributed by atoms with E-state index in [-0.39, 0.29) is 38.8 Å². The van der Waals surface area contributed by atoms with Crippen LogP contribution < -0.4 is 20.5 Å². The lowest BCUT2D eigenvalue weighted by atomic mass is 10.1. The van der Waals surface area contributed by atoms with Crippen molar-refractivity contribution in [2.24, 2.45) is 0 Å². The summed E-state index contributed by atoms with van der Waals surface area (Å²) in [4.78, 5) is 63.0. The van der Waals surface area contributed by atoms with E-state index < -0.39 is 23.7 Å². The maximum atomic E-state index is 13.3. The molecule has 1 aliphatic heterocycles. The Labute approximate surface area is 201 Å². The first-order valence-corrected chi connectivity index (χ1v) is 10.8. The number of hydrazine groups is 1. The summed E-state index contributed by atoms with van der Waals surface area (Å²) < 4.78 is 10.3. The molecule has 1 heterocycles. The lowest BCUT2D eigenvalue weighted by Gasteiger charge is -2.22. The third-order valence-electron chi connectivity index (χ3n) is 5.01. The topological polar surface area (TPSA) is 134 Å². The van der Waals surface area contributed by atoms with E-state index in [0.29, 0.717) is 22.6 Å². The zero-order chi connectivity index (χ0) is 25.4. The number of fused-ring (bicyclic) bond motifs is 1. The third-order valence-corrected chi connectivity index (χ3v) is 5.01. The minimum absolute atomic E-state index is 0.113. The Morgan fingerprint density at radius 1 is 0.914 bits per heavy atom. The number of nitrogens with zero attached hydrogens (tertiary/aromatic N) is 2. The molecule has 4 amide bonds. The molecule has 1 aliphatic rings. The van der Waals surface area contributed by atoms with Crippen molar-refractivity contribution >= 4 is 35.3 Å². The van der Waals surface area contributed by atoms with E-state index in [4.69, 9.17) is 9.47 Å². The number of esters is 1. The number of rotatable bonds is 7. The van der Waals surface area contributed by atoms with Crippen molar-refractivity contribution < 1.29 is 33.4 Å². The van der Waals surface area contributed by atoms with Gasteiger partial charge in [0.1, 0.15) is 32.1 Å². The van der Waals surface area contributed by atoms with Crippen LogP contribution in [0.15, 0.2) is 48.5 Å². The minimum Gasteiger partial charge on any atom is -0.490 e. The summed E-state index contributed by atoms with van der Waals surface area (Å²) >= 11 is 0. The number of carbonyl (C=O) groups is 5. The molecule has 0 radical (unpaired) electrons. The Morgan fingerprint density at radius 2 is 1.63 bits per heavy atom. The van der Waals surface area contributed by atoms with Crippen LogP contribution in [0, 0.1) is 0 Å². The van der Waals surface area contributed by atoms with Crippen LogP contribution in [0.4, 0.5) is 5.69 Å². The first-order chi connectivity index (χ1) is 16.7. The second-order valence-corrected chi connectivity index (χ2v) is 7.71. The molecular weight excluding hydrogens is 456 g/mol. The Hall–Kier alpha value is -4.41. The van der Waals surface area contributed by atoms with Crippen molar-refractivity contribution in [3.8, 4) is 5.75 Å². The molecule has 0 fully saturated rings. The van der Waals surface area contributed by atoms with Gasteiger partial charge in [-0.2, -0.15) is 0 Å². The van der Waals surface area contributed by atoms with Crippen LogP contribution in [0.25, 0.3) is 0 Å². The predicted octanol–water partition coefficient (Wildman–Crippen LogP) is 0.785. The zero-order valence-electron chi connectivity index (χ0n) is 19.4. The standard InChI is InChI=1S/C24H26N4O7/c1-16(29)25-26-22(31)14-27-13-19-5-3-4-6-21(19)28(15-23(27)32)24(33)18-7-9-20(10-8-18)35-12-11-34-17(2)30/h3-10H,11-15H2,1-2H3,(H,25,29)(H,26,31). The molecule has 0 saturated carbocycles. The van der Waals surface area contributed by atoms with Crippen LogP contribution >= 0.6 is 0 Å². The fraction of sp³-hybridized carbons (Fsp3) is 0.292. The monoisotopic (exact) mass is 482 g/mol.